The number of carboxylic acid groups (broad SMARTS) is 1. The monoisotopic (exact) mass is 219 g/mol. The van der Waals surface area contributed by atoms with Crippen molar-refractivity contribution in [3.63, 3.8) is 0 Å². The van der Waals surface area contributed by atoms with E-state index in [2.05, 4.69) is 5.32 Å². The summed E-state index contributed by atoms with van der Waals surface area (Å²) >= 11 is 0. The molecule has 0 saturated heterocycles. The highest BCUT2D eigenvalue weighted by Gasteiger charge is 2.03. The Morgan fingerprint density at radius 3 is 2.62 bits per heavy atom. The van der Waals surface area contributed by atoms with Crippen LogP contribution in [0.15, 0.2) is 42.0 Å². The first-order chi connectivity index (χ1) is 7.59. The second-order valence-corrected chi connectivity index (χ2v) is 3.81. The fraction of sp³-hybridized carbons (Fsp3) is 0.308. The van der Waals surface area contributed by atoms with Gasteiger partial charge >= 0.3 is 5.97 Å². The molecule has 0 radical (unpaired) electrons. The first-order valence-electron chi connectivity index (χ1n) is 5.28. The van der Waals surface area contributed by atoms with Crippen molar-refractivity contribution in [2.75, 3.05) is 0 Å². The van der Waals surface area contributed by atoms with Crippen LogP contribution in [0.5, 0.6) is 0 Å². The molecule has 1 rings (SSSR count). The molecule has 1 aromatic carbocycles. The molecule has 3 nitrogen and oxygen atoms in total. The minimum Gasteiger partial charge on any atom is -0.478 e. The molecule has 2 N–H and O–H groups in total. The molecule has 0 amide bonds. The van der Waals surface area contributed by atoms with Crippen molar-refractivity contribution in [1.82, 2.24) is 5.32 Å². The van der Waals surface area contributed by atoms with Gasteiger partial charge in [-0.05, 0) is 19.4 Å². The summed E-state index contributed by atoms with van der Waals surface area (Å²) in [5.74, 6) is -0.867. The zero-order chi connectivity index (χ0) is 12.0. The van der Waals surface area contributed by atoms with E-state index in [1.54, 1.807) is 13.0 Å². The Balaban J connectivity index is 2.45. The third kappa shape index (κ3) is 4.28. The summed E-state index contributed by atoms with van der Waals surface area (Å²) < 4.78 is 0. The van der Waals surface area contributed by atoms with E-state index in [-0.39, 0.29) is 6.04 Å². The number of rotatable bonds is 5. The first kappa shape index (κ1) is 12.5. The lowest BCUT2D eigenvalue weighted by Crippen LogP contribution is -2.24. The van der Waals surface area contributed by atoms with Gasteiger partial charge in [-0.3, -0.25) is 0 Å². The molecular formula is C13H17NO2. The average Bonchev–Trinajstić information content (AvgIpc) is 2.27. The Labute approximate surface area is 95.8 Å². The number of benzene rings is 1. The Morgan fingerprint density at radius 1 is 1.44 bits per heavy atom. The van der Waals surface area contributed by atoms with Crippen molar-refractivity contribution >= 4 is 5.97 Å². The molecule has 0 aliphatic heterocycles. The molecule has 0 aromatic heterocycles. The molecule has 0 aliphatic carbocycles. The number of hydrogen-bond donors (Lipinski definition) is 2. The van der Waals surface area contributed by atoms with Crippen LogP contribution < -0.4 is 5.32 Å². The standard InChI is InChI=1S/C13H17NO2/c1-10(13(15)16)8-11(2)14-9-12-6-4-3-5-7-12/h3-8,11,14H,9H2,1-2H3,(H,15,16)/b10-8+. The number of nitrogens with one attached hydrogen (secondary N) is 1. The molecule has 0 spiro atoms. The number of carboxylic acids is 1. The van der Waals surface area contributed by atoms with Gasteiger partial charge in [0.1, 0.15) is 0 Å². The lowest BCUT2D eigenvalue weighted by Gasteiger charge is -2.10. The van der Waals surface area contributed by atoms with E-state index in [4.69, 9.17) is 5.11 Å². The van der Waals surface area contributed by atoms with Gasteiger partial charge in [-0.25, -0.2) is 4.79 Å². The lowest BCUT2D eigenvalue weighted by molar-refractivity contribution is -0.132. The summed E-state index contributed by atoms with van der Waals surface area (Å²) in [5, 5.41) is 12.0. The lowest BCUT2D eigenvalue weighted by atomic mass is 10.2. The molecule has 0 bridgehead atoms. The SMILES string of the molecule is C/C(=C\C(C)NCc1ccccc1)C(=O)O. The van der Waals surface area contributed by atoms with Gasteiger partial charge in [-0.2, -0.15) is 0 Å². The van der Waals surface area contributed by atoms with Gasteiger partial charge in [0, 0.05) is 18.2 Å². The Bertz CT molecular complexity index is 371. The quantitative estimate of drug-likeness (QED) is 0.746. The van der Waals surface area contributed by atoms with Gasteiger partial charge in [0.05, 0.1) is 0 Å². The second-order valence-electron chi connectivity index (χ2n) is 3.81. The van der Waals surface area contributed by atoms with Crippen LogP contribution in [0.1, 0.15) is 19.4 Å². The highest BCUT2D eigenvalue weighted by atomic mass is 16.4. The first-order valence-corrected chi connectivity index (χ1v) is 5.28. The van der Waals surface area contributed by atoms with Crippen molar-refractivity contribution in [3.8, 4) is 0 Å². The molecule has 0 saturated carbocycles. The summed E-state index contributed by atoms with van der Waals surface area (Å²) in [6.07, 6.45) is 1.71. The van der Waals surface area contributed by atoms with E-state index >= 15 is 0 Å². The number of carbonyl (C=O) groups is 1. The topological polar surface area (TPSA) is 49.3 Å². The van der Waals surface area contributed by atoms with Crippen molar-refractivity contribution in [2.24, 2.45) is 0 Å². The van der Waals surface area contributed by atoms with Gasteiger partial charge < -0.3 is 10.4 Å². The fourth-order valence-electron chi connectivity index (χ4n) is 1.38. The molecule has 0 aliphatic rings. The van der Waals surface area contributed by atoms with Crippen molar-refractivity contribution < 1.29 is 9.90 Å². The smallest absolute Gasteiger partial charge is 0.331 e. The molecule has 1 aromatic rings. The summed E-state index contributed by atoms with van der Waals surface area (Å²) in [7, 11) is 0. The molecule has 1 unspecified atom stereocenters. The molecule has 1 atom stereocenters. The second kappa shape index (κ2) is 6.08. The Hall–Kier alpha value is -1.61. The highest BCUT2D eigenvalue weighted by Crippen LogP contribution is 2.00. The fourth-order valence-corrected chi connectivity index (χ4v) is 1.38. The maximum Gasteiger partial charge on any atom is 0.331 e. The van der Waals surface area contributed by atoms with E-state index in [9.17, 15) is 4.79 Å². The van der Waals surface area contributed by atoms with Crippen molar-refractivity contribution in [2.45, 2.75) is 26.4 Å². The van der Waals surface area contributed by atoms with Crippen LogP contribution in [0.25, 0.3) is 0 Å². The molecule has 3 heteroatoms. The minimum atomic E-state index is -0.867. The Kier molecular flexibility index (Phi) is 4.73. The number of hydrogen-bond acceptors (Lipinski definition) is 2. The average molecular weight is 219 g/mol. The normalized spacial score (nSPS) is 13.5. The van der Waals surface area contributed by atoms with Crippen LogP contribution >= 0.6 is 0 Å². The van der Waals surface area contributed by atoms with E-state index in [0.29, 0.717) is 5.57 Å². The molecular weight excluding hydrogens is 202 g/mol. The van der Waals surface area contributed by atoms with Crippen LogP contribution in [-0.2, 0) is 11.3 Å². The van der Waals surface area contributed by atoms with E-state index in [1.807, 2.05) is 37.3 Å². The van der Waals surface area contributed by atoms with Crippen LogP contribution in [0.2, 0.25) is 0 Å². The summed E-state index contributed by atoms with van der Waals surface area (Å²) in [6.45, 7) is 4.28. The van der Waals surface area contributed by atoms with E-state index in [0.717, 1.165) is 6.54 Å². The van der Waals surface area contributed by atoms with E-state index in [1.165, 1.54) is 5.56 Å². The third-order valence-corrected chi connectivity index (χ3v) is 2.31. The van der Waals surface area contributed by atoms with Crippen LogP contribution in [0.4, 0.5) is 0 Å². The van der Waals surface area contributed by atoms with Crippen LogP contribution in [-0.4, -0.2) is 17.1 Å². The summed E-state index contributed by atoms with van der Waals surface area (Å²) in [4.78, 5) is 10.6. The van der Waals surface area contributed by atoms with Gasteiger partial charge in [0.2, 0.25) is 0 Å². The third-order valence-electron chi connectivity index (χ3n) is 2.31. The van der Waals surface area contributed by atoms with Crippen LogP contribution in [0, 0.1) is 0 Å². The zero-order valence-electron chi connectivity index (χ0n) is 9.60. The maximum atomic E-state index is 10.6. The predicted octanol–water partition coefficient (Wildman–Crippen LogP) is 2.20. The molecule has 0 heterocycles. The maximum absolute atomic E-state index is 10.6. The summed E-state index contributed by atoms with van der Waals surface area (Å²) in [5.41, 5.74) is 1.56. The van der Waals surface area contributed by atoms with Gasteiger partial charge in [-0.15, -0.1) is 0 Å². The largest absolute Gasteiger partial charge is 0.478 e. The van der Waals surface area contributed by atoms with Crippen LogP contribution in [0.3, 0.4) is 0 Å². The van der Waals surface area contributed by atoms with E-state index < -0.39 is 5.97 Å². The molecule has 16 heavy (non-hydrogen) atoms. The molecule has 86 valence electrons. The van der Waals surface area contributed by atoms with Gasteiger partial charge in [-0.1, -0.05) is 36.4 Å². The highest BCUT2D eigenvalue weighted by molar-refractivity contribution is 5.85. The summed E-state index contributed by atoms with van der Waals surface area (Å²) in [6, 6.07) is 10.1. The predicted molar refractivity (Wildman–Crippen MR) is 64.1 cm³/mol. The van der Waals surface area contributed by atoms with Gasteiger partial charge in [0.25, 0.3) is 0 Å². The Morgan fingerprint density at radius 2 is 2.06 bits per heavy atom. The number of aliphatic carboxylic acids is 1. The van der Waals surface area contributed by atoms with Crippen molar-refractivity contribution in [1.29, 1.82) is 0 Å². The van der Waals surface area contributed by atoms with Crippen molar-refractivity contribution in [3.05, 3.63) is 47.5 Å². The minimum absolute atomic E-state index is 0.0521. The van der Waals surface area contributed by atoms with Gasteiger partial charge in [0.15, 0.2) is 0 Å². The molecule has 0 fully saturated rings. The zero-order valence-corrected chi connectivity index (χ0v) is 9.60.